The van der Waals surface area contributed by atoms with Gasteiger partial charge in [0.25, 0.3) is 0 Å². The van der Waals surface area contributed by atoms with Gasteiger partial charge in [0.1, 0.15) is 13.2 Å². The number of amides is 1. The second-order valence-corrected chi connectivity index (χ2v) is 11.0. The third-order valence-corrected chi connectivity index (χ3v) is 8.62. The maximum absolute atomic E-state index is 13.1. The van der Waals surface area contributed by atoms with E-state index in [2.05, 4.69) is 10.3 Å². The van der Waals surface area contributed by atoms with Gasteiger partial charge in [-0.25, -0.2) is 13.4 Å². The molecule has 168 valence electrons. The zero-order valence-electron chi connectivity index (χ0n) is 16.9. The largest absolute Gasteiger partial charge is 0.486 e. The van der Waals surface area contributed by atoms with Gasteiger partial charge in [0.15, 0.2) is 16.6 Å². The highest BCUT2D eigenvalue weighted by Gasteiger charge is 2.33. The number of carbonyl (C=O) groups excluding carboxylic acids is 1. The van der Waals surface area contributed by atoms with Crippen LogP contribution in [0.3, 0.4) is 0 Å². The quantitative estimate of drug-likeness (QED) is 0.594. The Morgan fingerprint density at radius 1 is 1.09 bits per heavy atom. The lowest BCUT2D eigenvalue weighted by atomic mass is 9.97. The molecule has 0 saturated carbocycles. The van der Waals surface area contributed by atoms with Crippen molar-refractivity contribution in [2.24, 2.45) is 5.92 Å². The number of sulfonamides is 1. The van der Waals surface area contributed by atoms with Crippen LogP contribution in [0.4, 0.5) is 5.13 Å². The van der Waals surface area contributed by atoms with Crippen LogP contribution in [0.2, 0.25) is 5.02 Å². The molecule has 1 amide bonds. The van der Waals surface area contributed by atoms with E-state index in [9.17, 15) is 13.2 Å². The summed E-state index contributed by atoms with van der Waals surface area (Å²) in [5.74, 6) is 0.551. The number of hydrogen-bond donors (Lipinski definition) is 1. The lowest BCUT2D eigenvalue weighted by Gasteiger charge is -2.30. The number of anilines is 1. The van der Waals surface area contributed by atoms with Crippen molar-refractivity contribution >= 4 is 54.2 Å². The number of benzene rings is 2. The molecular formula is C21H20ClN3O5S2. The Morgan fingerprint density at radius 2 is 1.84 bits per heavy atom. The predicted octanol–water partition coefficient (Wildman–Crippen LogP) is 3.76. The van der Waals surface area contributed by atoms with Crippen molar-refractivity contribution < 1.29 is 22.7 Å². The van der Waals surface area contributed by atoms with E-state index in [1.54, 1.807) is 12.1 Å². The molecule has 5 rings (SSSR count). The molecule has 1 saturated heterocycles. The Labute approximate surface area is 194 Å². The van der Waals surface area contributed by atoms with Crippen LogP contribution in [0.15, 0.2) is 41.3 Å². The second kappa shape index (κ2) is 8.51. The van der Waals surface area contributed by atoms with Gasteiger partial charge in [-0.3, -0.25) is 4.79 Å². The molecule has 1 fully saturated rings. The number of halogens is 1. The van der Waals surface area contributed by atoms with Crippen molar-refractivity contribution in [1.82, 2.24) is 9.29 Å². The van der Waals surface area contributed by atoms with Crippen LogP contribution in [0, 0.1) is 5.92 Å². The highest BCUT2D eigenvalue weighted by molar-refractivity contribution is 7.89. The van der Waals surface area contributed by atoms with E-state index >= 15 is 0 Å². The number of piperidine rings is 1. The van der Waals surface area contributed by atoms with Gasteiger partial charge >= 0.3 is 0 Å². The fraction of sp³-hybridized carbons (Fsp3) is 0.333. The molecule has 2 aromatic carbocycles. The summed E-state index contributed by atoms with van der Waals surface area (Å²) in [6, 6.07) is 10.0. The molecule has 0 unspecified atom stereocenters. The molecule has 3 heterocycles. The molecule has 0 radical (unpaired) electrons. The summed E-state index contributed by atoms with van der Waals surface area (Å²) in [5, 5.41) is 4.00. The Balaban J connectivity index is 1.23. The Morgan fingerprint density at radius 3 is 2.62 bits per heavy atom. The fourth-order valence-corrected chi connectivity index (χ4v) is 6.48. The zero-order chi connectivity index (χ0) is 22.3. The van der Waals surface area contributed by atoms with Crippen LogP contribution in [-0.2, 0) is 14.8 Å². The molecular weight excluding hydrogens is 474 g/mol. The summed E-state index contributed by atoms with van der Waals surface area (Å²) in [6.07, 6.45) is 0.874. The van der Waals surface area contributed by atoms with Crippen LogP contribution < -0.4 is 14.8 Å². The van der Waals surface area contributed by atoms with Gasteiger partial charge in [-0.15, -0.1) is 0 Å². The lowest BCUT2D eigenvalue weighted by molar-refractivity contribution is -0.120. The first kappa shape index (κ1) is 21.4. The highest BCUT2D eigenvalue weighted by atomic mass is 35.5. The van der Waals surface area contributed by atoms with Crippen molar-refractivity contribution in [3.05, 3.63) is 41.4 Å². The van der Waals surface area contributed by atoms with E-state index in [0.29, 0.717) is 47.7 Å². The number of carbonyl (C=O) groups is 1. The van der Waals surface area contributed by atoms with Gasteiger partial charge < -0.3 is 14.8 Å². The van der Waals surface area contributed by atoms with Crippen molar-refractivity contribution in [2.75, 3.05) is 31.6 Å². The molecule has 2 aliphatic heterocycles. The summed E-state index contributed by atoms with van der Waals surface area (Å²) >= 11 is 7.37. The number of rotatable bonds is 4. The standard InChI is InChI=1S/C21H20ClN3O5S2/c22-14-1-3-16-19(11-14)31-21(23-16)24-20(26)13-5-7-25(8-6-13)32(27,28)15-2-4-17-18(12-15)30-10-9-29-17/h1-4,11-13H,5-10H2,(H,23,24,26). The van der Waals surface area contributed by atoms with E-state index in [-0.39, 0.29) is 29.8 Å². The smallest absolute Gasteiger partial charge is 0.243 e. The summed E-state index contributed by atoms with van der Waals surface area (Å²) in [4.78, 5) is 17.3. The lowest BCUT2D eigenvalue weighted by Crippen LogP contribution is -2.41. The monoisotopic (exact) mass is 493 g/mol. The molecule has 0 bridgehead atoms. The van der Waals surface area contributed by atoms with Crippen molar-refractivity contribution in [3.63, 3.8) is 0 Å². The minimum atomic E-state index is -3.68. The number of hydrogen-bond acceptors (Lipinski definition) is 7. The van der Waals surface area contributed by atoms with Gasteiger partial charge in [0.2, 0.25) is 15.9 Å². The van der Waals surface area contributed by atoms with Gasteiger partial charge in [-0.05, 0) is 43.2 Å². The van der Waals surface area contributed by atoms with E-state index in [4.69, 9.17) is 21.1 Å². The van der Waals surface area contributed by atoms with Crippen LogP contribution in [-0.4, -0.2) is 49.9 Å². The van der Waals surface area contributed by atoms with Crippen molar-refractivity contribution in [1.29, 1.82) is 0 Å². The third-order valence-electron chi connectivity index (χ3n) is 5.56. The number of thiazole rings is 1. The molecule has 0 aliphatic carbocycles. The van der Waals surface area contributed by atoms with Gasteiger partial charge in [-0.1, -0.05) is 22.9 Å². The van der Waals surface area contributed by atoms with E-state index in [1.807, 2.05) is 12.1 Å². The average Bonchev–Trinajstić information content (AvgIpc) is 3.20. The van der Waals surface area contributed by atoms with Crippen LogP contribution in [0.1, 0.15) is 12.8 Å². The normalized spacial score (nSPS) is 17.4. The SMILES string of the molecule is O=C(Nc1nc2ccc(Cl)cc2s1)C1CCN(S(=O)(=O)c2ccc3c(c2)OCCO3)CC1. The minimum Gasteiger partial charge on any atom is -0.486 e. The van der Waals surface area contributed by atoms with Crippen LogP contribution >= 0.6 is 22.9 Å². The van der Waals surface area contributed by atoms with Crippen LogP contribution in [0.25, 0.3) is 10.2 Å². The third kappa shape index (κ3) is 4.15. The maximum atomic E-state index is 13.1. The number of aromatic nitrogens is 1. The first-order valence-corrected chi connectivity index (χ1v) is 12.8. The molecule has 2 aliphatic rings. The number of ether oxygens (including phenoxy) is 2. The molecule has 8 nitrogen and oxygen atoms in total. The molecule has 1 aromatic heterocycles. The molecule has 0 spiro atoms. The highest BCUT2D eigenvalue weighted by Crippen LogP contribution is 2.34. The zero-order valence-corrected chi connectivity index (χ0v) is 19.3. The van der Waals surface area contributed by atoms with Gasteiger partial charge in [0, 0.05) is 30.1 Å². The maximum Gasteiger partial charge on any atom is 0.243 e. The van der Waals surface area contributed by atoms with E-state index in [1.165, 1.54) is 27.8 Å². The topological polar surface area (TPSA) is 97.8 Å². The Bertz CT molecular complexity index is 1290. The minimum absolute atomic E-state index is 0.147. The molecule has 11 heteroatoms. The molecule has 32 heavy (non-hydrogen) atoms. The van der Waals surface area contributed by atoms with Gasteiger partial charge in [-0.2, -0.15) is 4.31 Å². The molecule has 0 atom stereocenters. The number of nitrogens with one attached hydrogen (secondary N) is 1. The van der Waals surface area contributed by atoms with E-state index < -0.39 is 10.0 Å². The average molecular weight is 494 g/mol. The summed E-state index contributed by atoms with van der Waals surface area (Å²) in [7, 11) is -3.68. The summed E-state index contributed by atoms with van der Waals surface area (Å²) in [6.45, 7) is 1.37. The first-order valence-electron chi connectivity index (χ1n) is 10.2. The van der Waals surface area contributed by atoms with Crippen LogP contribution in [0.5, 0.6) is 11.5 Å². The summed E-state index contributed by atoms with van der Waals surface area (Å²) in [5.41, 5.74) is 0.773. The number of fused-ring (bicyclic) bond motifs is 2. The predicted molar refractivity (Wildman–Crippen MR) is 122 cm³/mol. The second-order valence-electron chi connectivity index (χ2n) is 7.60. The van der Waals surface area contributed by atoms with E-state index in [0.717, 1.165) is 10.2 Å². The first-order chi connectivity index (χ1) is 15.4. The van der Waals surface area contributed by atoms with Gasteiger partial charge in [0.05, 0.1) is 15.1 Å². The fourth-order valence-electron chi connectivity index (χ4n) is 3.85. The summed E-state index contributed by atoms with van der Waals surface area (Å²) < 4.78 is 39.4. The number of nitrogens with zero attached hydrogens (tertiary/aromatic N) is 2. The molecule has 3 aromatic rings. The molecule has 1 N–H and O–H groups in total. The van der Waals surface area contributed by atoms with Crippen molar-refractivity contribution in [3.8, 4) is 11.5 Å². The van der Waals surface area contributed by atoms with Crippen molar-refractivity contribution in [2.45, 2.75) is 17.7 Å². The Hall–Kier alpha value is -2.40. The Kier molecular flexibility index (Phi) is 5.70.